The molecule has 1 aromatic carbocycles. The summed E-state index contributed by atoms with van der Waals surface area (Å²) in [5.41, 5.74) is 3.06. The Hall–Kier alpha value is -2.73. The molecule has 0 saturated heterocycles. The molecule has 0 fully saturated rings. The molecule has 1 amide bonds. The van der Waals surface area contributed by atoms with E-state index in [1.54, 1.807) is 6.20 Å². The molecule has 1 unspecified atom stereocenters. The predicted molar refractivity (Wildman–Crippen MR) is 119 cm³/mol. The smallest absolute Gasteiger partial charge is 0.222 e. The van der Waals surface area contributed by atoms with E-state index in [1.165, 1.54) is 11.8 Å². The van der Waals surface area contributed by atoms with Crippen LogP contribution in [0, 0.1) is 5.92 Å². The molecular formula is C23H23N3O2S. The van der Waals surface area contributed by atoms with Gasteiger partial charge in [0.25, 0.3) is 0 Å². The third-order valence-electron chi connectivity index (χ3n) is 5.53. The van der Waals surface area contributed by atoms with E-state index in [9.17, 15) is 9.59 Å². The first kappa shape index (κ1) is 19.6. The average Bonchev–Trinajstić information content (AvgIpc) is 2.76. The van der Waals surface area contributed by atoms with Gasteiger partial charge in [0.2, 0.25) is 11.7 Å². The van der Waals surface area contributed by atoms with Crippen LogP contribution in [0.15, 0.2) is 41.4 Å². The number of thioether (sulfide) groups is 1. The first-order valence-corrected chi connectivity index (χ1v) is 11.1. The van der Waals surface area contributed by atoms with E-state index in [0.29, 0.717) is 23.6 Å². The van der Waals surface area contributed by atoms with Gasteiger partial charge in [0.1, 0.15) is 5.69 Å². The number of pyridine rings is 2. The van der Waals surface area contributed by atoms with Crippen LogP contribution in [0.3, 0.4) is 0 Å². The van der Waals surface area contributed by atoms with Gasteiger partial charge in [-0.2, -0.15) is 0 Å². The molecule has 0 radical (unpaired) electrons. The van der Waals surface area contributed by atoms with Gasteiger partial charge in [-0.3, -0.25) is 14.6 Å². The maximum Gasteiger partial charge on any atom is 0.222 e. The molecule has 2 heterocycles. The maximum atomic E-state index is 13.2. The molecule has 5 nitrogen and oxygen atoms in total. The van der Waals surface area contributed by atoms with Gasteiger partial charge in [0.05, 0.1) is 16.1 Å². The zero-order chi connectivity index (χ0) is 20.5. The number of hydrogen-bond donors (Lipinski definition) is 1. The number of hydrogen-bond acceptors (Lipinski definition) is 5. The van der Waals surface area contributed by atoms with Crippen molar-refractivity contribution in [2.24, 2.45) is 5.92 Å². The Morgan fingerprint density at radius 1 is 1.17 bits per heavy atom. The van der Waals surface area contributed by atoms with Gasteiger partial charge < -0.3 is 5.32 Å². The number of ketones is 1. The molecule has 148 valence electrons. The molecule has 4 rings (SSSR count). The van der Waals surface area contributed by atoms with Crippen LogP contribution in [0.1, 0.15) is 42.9 Å². The molecule has 6 heteroatoms. The van der Waals surface area contributed by atoms with Crippen molar-refractivity contribution in [3.63, 3.8) is 0 Å². The number of carbonyl (C=O) groups is 2. The average molecular weight is 406 g/mol. The van der Waals surface area contributed by atoms with Gasteiger partial charge in [-0.25, -0.2) is 4.98 Å². The van der Waals surface area contributed by atoms with Crippen LogP contribution in [0.5, 0.6) is 0 Å². The Balaban J connectivity index is 1.83. The topological polar surface area (TPSA) is 72.0 Å². The number of rotatable bonds is 6. The summed E-state index contributed by atoms with van der Waals surface area (Å²) in [6.45, 7) is 4.39. The molecule has 1 aliphatic rings. The second-order valence-corrected chi connectivity index (χ2v) is 8.07. The summed E-state index contributed by atoms with van der Waals surface area (Å²) in [5.74, 6) is -0.0389. The first-order valence-electron chi connectivity index (χ1n) is 9.84. The third kappa shape index (κ3) is 3.31. The highest BCUT2D eigenvalue weighted by atomic mass is 32.2. The van der Waals surface area contributed by atoms with E-state index in [0.717, 1.165) is 39.4 Å². The van der Waals surface area contributed by atoms with E-state index in [2.05, 4.69) is 10.3 Å². The van der Waals surface area contributed by atoms with Gasteiger partial charge in [-0.15, -0.1) is 11.8 Å². The second-order valence-electron chi connectivity index (χ2n) is 7.25. The van der Waals surface area contributed by atoms with Gasteiger partial charge >= 0.3 is 0 Å². The highest BCUT2D eigenvalue weighted by molar-refractivity contribution is 8.03. The summed E-state index contributed by atoms with van der Waals surface area (Å²) in [6, 6.07) is 9.91. The highest BCUT2D eigenvalue weighted by Gasteiger charge is 2.30. The summed E-state index contributed by atoms with van der Waals surface area (Å²) >= 11 is 1.42. The monoisotopic (exact) mass is 405 g/mol. The number of allylic oxidation sites excluding steroid dienone is 1. The molecule has 1 atom stereocenters. The summed E-state index contributed by atoms with van der Waals surface area (Å²) in [7, 11) is 0. The Morgan fingerprint density at radius 2 is 1.97 bits per heavy atom. The molecule has 1 N–H and O–H groups in total. The fourth-order valence-electron chi connectivity index (χ4n) is 3.76. The Labute approximate surface area is 174 Å². The largest absolute Gasteiger partial charge is 0.356 e. The number of fused-ring (bicyclic) bond motifs is 2. The minimum atomic E-state index is -0.0593. The van der Waals surface area contributed by atoms with Crippen molar-refractivity contribution in [1.82, 2.24) is 15.3 Å². The van der Waals surface area contributed by atoms with Gasteiger partial charge in [0.15, 0.2) is 0 Å². The molecular weight excluding hydrogens is 382 g/mol. The van der Waals surface area contributed by atoms with Crippen LogP contribution in [0.4, 0.5) is 0 Å². The standard InChI is InChI=1S/C23H23N3O2S/c1-4-13(2)23(28)25-12-10-16-19-18-15(14-7-5-6-8-17(14)26-19)9-11-24-20(18)21(27)22(16)29-3/h5-9,11,13H,4,10,12H2,1-3H3,(H,25,28). The number of para-hydroxylation sites is 1. The molecule has 1 aliphatic carbocycles. The van der Waals surface area contributed by atoms with Crippen molar-refractivity contribution >= 4 is 50.7 Å². The van der Waals surface area contributed by atoms with E-state index >= 15 is 0 Å². The first-order chi connectivity index (χ1) is 14.1. The van der Waals surface area contributed by atoms with Gasteiger partial charge in [0, 0.05) is 29.4 Å². The lowest BCUT2D eigenvalue weighted by Gasteiger charge is -2.22. The molecule has 0 aliphatic heterocycles. The Kier molecular flexibility index (Phi) is 5.37. The van der Waals surface area contributed by atoms with Crippen molar-refractivity contribution in [1.29, 1.82) is 0 Å². The summed E-state index contributed by atoms with van der Waals surface area (Å²) in [4.78, 5) is 35.3. The van der Waals surface area contributed by atoms with E-state index in [-0.39, 0.29) is 17.6 Å². The maximum absolute atomic E-state index is 13.2. The molecule has 0 spiro atoms. The zero-order valence-corrected chi connectivity index (χ0v) is 17.6. The van der Waals surface area contributed by atoms with Crippen molar-refractivity contribution in [3.8, 4) is 0 Å². The molecule has 0 bridgehead atoms. The van der Waals surface area contributed by atoms with Crippen molar-refractivity contribution in [2.45, 2.75) is 26.7 Å². The fraction of sp³-hybridized carbons (Fsp3) is 0.304. The van der Waals surface area contributed by atoms with Crippen LogP contribution in [-0.2, 0) is 4.79 Å². The lowest BCUT2D eigenvalue weighted by Crippen LogP contribution is -2.30. The van der Waals surface area contributed by atoms with E-state index < -0.39 is 0 Å². The number of Topliss-reactive ketones (excluding diaryl/α,β-unsaturated/α-hetero) is 1. The number of nitrogens with one attached hydrogen (secondary N) is 1. The predicted octanol–water partition coefficient (Wildman–Crippen LogP) is 4.61. The van der Waals surface area contributed by atoms with Crippen molar-refractivity contribution in [2.75, 3.05) is 12.8 Å². The van der Waals surface area contributed by atoms with Gasteiger partial charge in [-0.05, 0) is 42.2 Å². The normalized spacial score (nSPS) is 14.5. The third-order valence-corrected chi connectivity index (χ3v) is 6.37. The Morgan fingerprint density at radius 3 is 2.72 bits per heavy atom. The number of benzene rings is 1. The number of aromatic nitrogens is 2. The number of nitrogens with zero attached hydrogens (tertiary/aromatic N) is 2. The van der Waals surface area contributed by atoms with Crippen LogP contribution in [0.25, 0.3) is 27.2 Å². The Bertz CT molecular complexity index is 1170. The van der Waals surface area contributed by atoms with E-state index in [4.69, 9.17) is 4.98 Å². The number of carbonyl (C=O) groups excluding carboxylic acids is 2. The lowest BCUT2D eigenvalue weighted by molar-refractivity contribution is -0.124. The minimum absolute atomic E-state index is 0.0209. The SMILES string of the molecule is CCC(C)C(=O)NCCC1=C(SC)C(=O)c2nccc3c2c1nc1ccccc13. The lowest BCUT2D eigenvalue weighted by atomic mass is 9.91. The molecule has 3 aromatic rings. The van der Waals surface area contributed by atoms with Crippen LogP contribution in [0.2, 0.25) is 0 Å². The fourth-order valence-corrected chi connectivity index (χ4v) is 4.49. The highest BCUT2D eigenvalue weighted by Crippen LogP contribution is 2.41. The minimum Gasteiger partial charge on any atom is -0.356 e. The summed E-state index contributed by atoms with van der Waals surface area (Å²) in [5, 5.41) is 5.82. The second kappa shape index (κ2) is 7.95. The molecule has 29 heavy (non-hydrogen) atoms. The van der Waals surface area contributed by atoms with Crippen LogP contribution >= 0.6 is 11.8 Å². The summed E-state index contributed by atoms with van der Waals surface area (Å²) in [6.07, 6.45) is 4.95. The van der Waals surface area contributed by atoms with E-state index in [1.807, 2.05) is 50.4 Å². The van der Waals surface area contributed by atoms with Crippen LogP contribution in [-0.4, -0.2) is 34.5 Å². The molecule has 0 saturated carbocycles. The van der Waals surface area contributed by atoms with Crippen molar-refractivity contribution in [3.05, 3.63) is 52.8 Å². The van der Waals surface area contributed by atoms with Crippen LogP contribution < -0.4 is 5.32 Å². The number of amides is 1. The van der Waals surface area contributed by atoms with Gasteiger partial charge in [-0.1, -0.05) is 32.0 Å². The summed E-state index contributed by atoms with van der Waals surface area (Å²) < 4.78 is 0. The zero-order valence-electron chi connectivity index (χ0n) is 16.8. The quantitative estimate of drug-likeness (QED) is 0.607. The molecule has 2 aromatic heterocycles. The van der Waals surface area contributed by atoms with Crippen molar-refractivity contribution < 1.29 is 9.59 Å².